The summed E-state index contributed by atoms with van der Waals surface area (Å²) < 4.78 is 5.31. The molecule has 0 bridgehead atoms. The van der Waals surface area contributed by atoms with Crippen molar-refractivity contribution in [2.24, 2.45) is 5.92 Å². The number of nitrogens with zero attached hydrogens (tertiary/aromatic N) is 3. The highest BCUT2D eigenvalue weighted by Crippen LogP contribution is 2.14. The number of aromatic nitrogens is 3. The van der Waals surface area contributed by atoms with Gasteiger partial charge in [-0.1, -0.05) is 13.3 Å². The van der Waals surface area contributed by atoms with Gasteiger partial charge in [-0.3, -0.25) is 0 Å². The summed E-state index contributed by atoms with van der Waals surface area (Å²) in [5.74, 6) is 1.38. The molecule has 1 atom stereocenters. The van der Waals surface area contributed by atoms with Crippen LogP contribution in [-0.2, 0) is 0 Å². The van der Waals surface area contributed by atoms with E-state index >= 15 is 0 Å². The van der Waals surface area contributed by atoms with Gasteiger partial charge in [0.15, 0.2) is 0 Å². The maximum atomic E-state index is 9.06. The second-order valence-corrected chi connectivity index (χ2v) is 4.50. The van der Waals surface area contributed by atoms with Crippen molar-refractivity contribution in [2.45, 2.75) is 33.1 Å². The molecular formula is C13H25N5O2. The Labute approximate surface area is 120 Å². The third-order valence-corrected chi connectivity index (χ3v) is 2.90. The number of hydrogen-bond donors (Lipinski definition) is 3. The van der Waals surface area contributed by atoms with Gasteiger partial charge in [0.1, 0.15) is 0 Å². The van der Waals surface area contributed by atoms with E-state index in [0.717, 1.165) is 25.8 Å². The van der Waals surface area contributed by atoms with E-state index in [4.69, 9.17) is 9.84 Å². The highest BCUT2D eigenvalue weighted by molar-refractivity contribution is 5.35. The third-order valence-electron chi connectivity index (χ3n) is 2.90. The molecule has 0 amide bonds. The van der Waals surface area contributed by atoms with Gasteiger partial charge in [-0.15, -0.1) is 0 Å². The Morgan fingerprint density at radius 1 is 1.15 bits per heavy atom. The molecule has 1 rings (SSSR count). The molecule has 0 aliphatic rings. The fourth-order valence-corrected chi connectivity index (χ4v) is 1.92. The summed E-state index contributed by atoms with van der Waals surface area (Å²) in [6.45, 7) is 5.46. The van der Waals surface area contributed by atoms with Crippen LogP contribution in [-0.4, -0.2) is 46.9 Å². The van der Waals surface area contributed by atoms with Gasteiger partial charge in [0.25, 0.3) is 0 Å². The maximum Gasteiger partial charge on any atom is 0.323 e. The molecular weight excluding hydrogens is 258 g/mol. The summed E-state index contributed by atoms with van der Waals surface area (Å²) in [5.41, 5.74) is 0. The molecule has 0 aromatic carbocycles. The molecule has 1 heterocycles. The van der Waals surface area contributed by atoms with Gasteiger partial charge in [-0.05, 0) is 25.7 Å². The normalized spacial score (nSPS) is 12.0. The molecule has 1 unspecified atom stereocenters. The topological polar surface area (TPSA) is 92.2 Å². The molecule has 3 N–H and O–H groups in total. The van der Waals surface area contributed by atoms with Crippen LogP contribution in [0.25, 0.3) is 0 Å². The quantitative estimate of drug-likeness (QED) is 0.599. The number of rotatable bonds is 10. The predicted octanol–water partition coefficient (Wildman–Crippen LogP) is 1.52. The molecule has 7 nitrogen and oxygen atoms in total. The van der Waals surface area contributed by atoms with E-state index in [0.29, 0.717) is 30.4 Å². The molecule has 0 radical (unpaired) electrons. The summed E-state index contributed by atoms with van der Waals surface area (Å²) in [7, 11) is 1.75. The smallest absolute Gasteiger partial charge is 0.323 e. The van der Waals surface area contributed by atoms with Crippen LogP contribution < -0.4 is 15.4 Å². The van der Waals surface area contributed by atoms with Gasteiger partial charge in [0, 0.05) is 20.2 Å². The van der Waals surface area contributed by atoms with Gasteiger partial charge < -0.3 is 20.5 Å². The molecule has 0 spiro atoms. The van der Waals surface area contributed by atoms with Crippen molar-refractivity contribution >= 4 is 11.9 Å². The average Bonchev–Trinajstić information content (AvgIpc) is 2.45. The summed E-state index contributed by atoms with van der Waals surface area (Å²) in [4.78, 5) is 12.6. The monoisotopic (exact) mass is 283 g/mol. The summed E-state index contributed by atoms with van der Waals surface area (Å²) >= 11 is 0. The average molecular weight is 283 g/mol. The Bertz CT molecular complexity index is 383. The van der Waals surface area contributed by atoms with Crippen molar-refractivity contribution in [3.8, 4) is 6.01 Å². The second kappa shape index (κ2) is 9.30. The Hall–Kier alpha value is -1.63. The molecule has 1 aromatic rings. The van der Waals surface area contributed by atoms with Crippen LogP contribution in [0.15, 0.2) is 0 Å². The van der Waals surface area contributed by atoms with Gasteiger partial charge in [-0.25, -0.2) is 0 Å². The molecule has 0 aliphatic carbocycles. The molecule has 0 saturated heterocycles. The first kappa shape index (κ1) is 16.4. The summed E-state index contributed by atoms with van der Waals surface area (Å²) in [6, 6.07) is 0.309. The fourth-order valence-electron chi connectivity index (χ4n) is 1.92. The molecule has 0 saturated carbocycles. The van der Waals surface area contributed by atoms with Crippen LogP contribution in [0.2, 0.25) is 0 Å². The Morgan fingerprint density at radius 2 is 1.90 bits per heavy atom. The first-order valence-electron chi connectivity index (χ1n) is 7.14. The van der Waals surface area contributed by atoms with Crippen LogP contribution in [0.4, 0.5) is 11.9 Å². The number of anilines is 2. The Morgan fingerprint density at radius 3 is 2.50 bits per heavy atom. The molecule has 0 fully saturated rings. The third kappa shape index (κ3) is 5.56. The van der Waals surface area contributed by atoms with Crippen molar-refractivity contribution in [3.05, 3.63) is 0 Å². The van der Waals surface area contributed by atoms with Crippen LogP contribution in [0, 0.1) is 5.92 Å². The highest BCUT2D eigenvalue weighted by atomic mass is 16.5. The lowest BCUT2D eigenvalue weighted by molar-refractivity contribution is 0.255. The summed E-state index contributed by atoms with van der Waals surface area (Å²) in [6.07, 6.45) is 2.94. The van der Waals surface area contributed by atoms with Crippen LogP contribution in [0.1, 0.15) is 33.1 Å². The SMILES string of the molecule is CCCC(CCO)CNc1nc(NC)nc(OCC)n1. The molecule has 1 aromatic heterocycles. The Kier molecular flexibility index (Phi) is 7.64. The van der Waals surface area contributed by atoms with E-state index in [2.05, 4.69) is 32.5 Å². The van der Waals surface area contributed by atoms with E-state index in [1.165, 1.54) is 0 Å². The van der Waals surface area contributed by atoms with E-state index < -0.39 is 0 Å². The zero-order valence-electron chi connectivity index (χ0n) is 12.5. The van der Waals surface area contributed by atoms with Crippen molar-refractivity contribution in [1.29, 1.82) is 0 Å². The summed E-state index contributed by atoms with van der Waals surface area (Å²) in [5, 5.41) is 15.1. The zero-order valence-corrected chi connectivity index (χ0v) is 12.5. The van der Waals surface area contributed by atoms with Crippen LogP contribution in [0.3, 0.4) is 0 Å². The van der Waals surface area contributed by atoms with E-state index in [-0.39, 0.29) is 6.61 Å². The van der Waals surface area contributed by atoms with Crippen molar-refractivity contribution in [2.75, 3.05) is 37.4 Å². The largest absolute Gasteiger partial charge is 0.464 e. The van der Waals surface area contributed by atoms with Gasteiger partial charge in [0.05, 0.1) is 6.61 Å². The predicted molar refractivity (Wildman–Crippen MR) is 79.1 cm³/mol. The maximum absolute atomic E-state index is 9.06. The van der Waals surface area contributed by atoms with Crippen molar-refractivity contribution in [1.82, 2.24) is 15.0 Å². The Balaban J connectivity index is 2.67. The first-order valence-corrected chi connectivity index (χ1v) is 7.14. The van der Waals surface area contributed by atoms with Gasteiger partial charge >= 0.3 is 6.01 Å². The minimum atomic E-state index is 0.204. The number of hydrogen-bond acceptors (Lipinski definition) is 7. The standard InChI is InChI=1S/C13H25N5O2/c1-4-6-10(7-8-19)9-15-12-16-11(14-3)17-13(18-12)20-5-2/h10,19H,4-9H2,1-3H3,(H2,14,15,16,17,18). The van der Waals surface area contributed by atoms with Gasteiger partial charge in [-0.2, -0.15) is 15.0 Å². The van der Waals surface area contributed by atoms with Crippen molar-refractivity contribution < 1.29 is 9.84 Å². The molecule has 7 heteroatoms. The lowest BCUT2D eigenvalue weighted by atomic mass is 10.0. The van der Waals surface area contributed by atoms with Crippen LogP contribution in [0.5, 0.6) is 6.01 Å². The number of nitrogens with one attached hydrogen (secondary N) is 2. The van der Waals surface area contributed by atoms with E-state index in [9.17, 15) is 0 Å². The van der Waals surface area contributed by atoms with Gasteiger partial charge in [0.2, 0.25) is 11.9 Å². The van der Waals surface area contributed by atoms with E-state index in [1.807, 2.05) is 6.92 Å². The molecule has 0 aliphatic heterocycles. The highest BCUT2D eigenvalue weighted by Gasteiger charge is 2.10. The second-order valence-electron chi connectivity index (χ2n) is 4.50. The van der Waals surface area contributed by atoms with Crippen molar-refractivity contribution in [3.63, 3.8) is 0 Å². The minimum Gasteiger partial charge on any atom is -0.464 e. The minimum absolute atomic E-state index is 0.204. The lowest BCUT2D eigenvalue weighted by Gasteiger charge is -2.16. The fraction of sp³-hybridized carbons (Fsp3) is 0.769. The number of ether oxygens (including phenoxy) is 1. The lowest BCUT2D eigenvalue weighted by Crippen LogP contribution is -2.18. The first-order chi connectivity index (χ1) is 9.73. The molecule has 20 heavy (non-hydrogen) atoms. The van der Waals surface area contributed by atoms with E-state index in [1.54, 1.807) is 7.05 Å². The molecule has 114 valence electrons. The van der Waals surface area contributed by atoms with Crippen LogP contribution >= 0.6 is 0 Å². The number of aliphatic hydroxyl groups is 1. The zero-order chi connectivity index (χ0) is 14.8. The number of aliphatic hydroxyl groups excluding tert-OH is 1.